The molecule has 0 saturated heterocycles. The Morgan fingerprint density at radius 2 is 1.38 bits per heavy atom. The Morgan fingerprint density at radius 1 is 0.667 bits per heavy atom. The lowest BCUT2D eigenvalue weighted by Gasteiger charge is -2.03. The zero-order valence-corrected chi connectivity index (χ0v) is 11.5. The van der Waals surface area contributed by atoms with Crippen LogP contribution >= 0.6 is 0 Å². The minimum Gasteiger partial charge on any atom is -0.359 e. The van der Waals surface area contributed by atoms with E-state index in [4.69, 9.17) is 0 Å². The fourth-order valence-corrected chi connectivity index (χ4v) is 2.65. The molecule has 100 valence electrons. The van der Waals surface area contributed by atoms with Gasteiger partial charge in [-0.15, -0.1) is 0 Å². The van der Waals surface area contributed by atoms with Crippen LogP contribution in [0.4, 0.5) is 0 Å². The van der Waals surface area contributed by atoms with Gasteiger partial charge >= 0.3 is 0 Å². The van der Waals surface area contributed by atoms with Crippen molar-refractivity contribution in [1.82, 2.24) is 9.97 Å². The number of aromatic nitrogens is 2. The molecule has 0 aliphatic carbocycles. The van der Waals surface area contributed by atoms with Gasteiger partial charge in [-0.05, 0) is 28.8 Å². The van der Waals surface area contributed by atoms with Crippen molar-refractivity contribution in [2.75, 3.05) is 0 Å². The summed E-state index contributed by atoms with van der Waals surface area (Å²) in [5.74, 6) is 0. The molecule has 0 spiro atoms. The van der Waals surface area contributed by atoms with E-state index < -0.39 is 0 Å². The number of fused-ring (bicyclic) bond motifs is 1. The molecule has 4 aromatic rings. The highest BCUT2D eigenvalue weighted by atomic mass is 14.8. The van der Waals surface area contributed by atoms with Crippen molar-refractivity contribution in [2.45, 2.75) is 0 Å². The summed E-state index contributed by atoms with van der Waals surface area (Å²) in [5.41, 5.74) is 6.88. The topological polar surface area (TPSA) is 28.7 Å². The molecule has 2 aromatic heterocycles. The maximum Gasteiger partial charge on any atom is 0.0957 e. The fourth-order valence-electron chi connectivity index (χ4n) is 2.65. The summed E-state index contributed by atoms with van der Waals surface area (Å²) in [6.45, 7) is 0. The normalized spacial score (nSPS) is 10.9. The number of hydrogen-bond acceptors (Lipinski definition) is 1. The first-order chi connectivity index (χ1) is 10.4. The standard InChI is InChI=1S/C19H14N2/c1-2-5-14(6-3-1)15-8-10-16(11-9-15)17-13-21-18-7-4-12-20-19(17)18/h1-13,21H. The Morgan fingerprint density at radius 3 is 2.19 bits per heavy atom. The van der Waals surface area contributed by atoms with E-state index in [1.807, 2.05) is 30.6 Å². The lowest BCUT2D eigenvalue weighted by Crippen LogP contribution is -1.80. The number of hydrogen-bond donors (Lipinski definition) is 1. The molecule has 2 heterocycles. The van der Waals surface area contributed by atoms with E-state index in [1.165, 1.54) is 16.7 Å². The van der Waals surface area contributed by atoms with E-state index in [0.29, 0.717) is 0 Å². The molecule has 2 nitrogen and oxygen atoms in total. The average Bonchev–Trinajstić information content (AvgIpc) is 3.00. The molecule has 21 heavy (non-hydrogen) atoms. The monoisotopic (exact) mass is 270 g/mol. The van der Waals surface area contributed by atoms with Crippen LogP contribution in [-0.2, 0) is 0 Å². The number of benzene rings is 2. The summed E-state index contributed by atoms with van der Waals surface area (Å²) in [6, 6.07) is 23.0. The van der Waals surface area contributed by atoms with Crippen LogP contribution in [0.2, 0.25) is 0 Å². The fraction of sp³-hybridized carbons (Fsp3) is 0. The van der Waals surface area contributed by atoms with Crippen molar-refractivity contribution in [3.05, 3.63) is 79.1 Å². The second kappa shape index (κ2) is 4.91. The highest BCUT2D eigenvalue weighted by molar-refractivity contribution is 5.92. The zero-order chi connectivity index (χ0) is 14.1. The molecular formula is C19H14N2. The van der Waals surface area contributed by atoms with Crippen LogP contribution in [0.3, 0.4) is 0 Å². The molecule has 0 bridgehead atoms. The van der Waals surface area contributed by atoms with Crippen molar-refractivity contribution in [3.8, 4) is 22.3 Å². The Bertz CT molecular complexity index is 874. The minimum absolute atomic E-state index is 1.02. The van der Waals surface area contributed by atoms with E-state index in [9.17, 15) is 0 Å². The maximum atomic E-state index is 4.47. The molecule has 0 fully saturated rings. The Labute approximate surface area is 123 Å². The number of aromatic amines is 1. The molecule has 0 amide bonds. The average molecular weight is 270 g/mol. The molecule has 4 rings (SSSR count). The van der Waals surface area contributed by atoms with Gasteiger partial charge in [0.2, 0.25) is 0 Å². The number of rotatable bonds is 2. The van der Waals surface area contributed by atoms with Gasteiger partial charge in [0.1, 0.15) is 0 Å². The third-order valence-corrected chi connectivity index (χ3v) is 3.74. The van der Waals surface area contributed by atoms with Crippen molar-refractivity contribution >= 4 is 11.0 Å². The van der Waals surface area contributed by atoms with E-state index in [1.54, 1.807) is 0 Å². The second-order valence-electron chi connectivity index (χ2n) is 5.05. The van der Waals surface area contributed by atoms with Crippen LogP contribution in [0, 0.1) is 0 Å². The van der Waals surface area contributed by atoms with Crippen LogP contribution in [0.25, 0.3) is 33.3 Å². The SMILES string of the molecule is c1ccc(-c2ccc(-c3c[nH]c4cccnc34)cc2)cc1. The third-order valence-electron chi connectivity index (χ3n) is 3.74. The highest BCUT2D eigenvalue weighted by Gasteiger charge is 2.06. The third kappa shape index (κ3) is 2.11. The zero-order valence-electron chi connectivity index (χ0n) is 11.5. The van der Waals surface area contributed by atoms with Gasteiger partial charge in [0.05, 0.1) is 11.0 Å². The first kappa shape index (κ1) is 11.9. The van der Waals surface area contributed by atoms with Crippen molar-refractivity contribution in [3.63, 3.8) is 0 Å². The maximum absolute atomic E-state index is 4.47. The van der Waals surface area contributed by atoms with Gasteiger partial charge in [-0.3, -0.25) is 4.98 Å². The first-order valence-electron chi connectivity index (χ1n) is 7.00. The quantitative estimate of drug-likeness (QED) is 0.551. The predicted octanol–water partition coefficient (Wildman–Crippen LogP) is 4.90. The van der Waals surface area contributed by atoms with E-state index >= 15 is 0 Å². The summed E-state index contributed by atoms with van der Waals surface area (Å²) in [7, 11) is 0. The first-order valence-corrected chi connectivity index (χ1v) is 7.00. The summed E-state index contributed by atoms with van der Waals surface area (Å²) in [5, 5.41) is 0. The van der Waals surface area contributed by atoms with Crippen LogP contribution in [0.5, 0.6) is 0 Å². The second-order valence-corrected chi connectivity index (χ2v) is 5.05. The number of H-pyrrole nitrogens is 1. The number of nitrogens with zero attached hydrogens (tertiary/aromatic N) is 1. The molecule has 0 aliphatic heterocycles. The molecule has 2 heteroatoms. The van der Waals surface area contributed by atoms with Gasteiger partial charge < -0.3 is 4.98 Å². The molecular weight excluding hydrogens is 256 g/mol. The highest BCUT2D eigenvalue weighted by Crippen LogP contribution is 2.29. The molecule has 0 saturated carbocycles. The lowest BCUT2D eigenvalue weighted by molar-refractivity contribution is 1.41. The largest absolute Gasteiger partial charge is 0.359 e. The van der Waals surface area contributed by atoms with Crippen molar-refractivity contribution < 1.29 is 0 Å². The van der Waals surface area contributed by atoms with Crippen LogP contribution in [-0.4, -0.2) is 9.97 Å². The summed E-state index contributed by atoms with van der Waals surface area (Å²) < 4.78 is 0. The van der Waals surface area contributed by atoms with Gasteiger partial charge in [0.15, 0.2) is 0 Å². The van der Waals surface area contributed by atoms with Gasteiger partial charge in [-0.2, -0.15) is 0 Å². The molecule has 0 aliphatic rings. The molecule has 1 N–H and O–H groups in total. The van der Waals surface area contributed by atoms with E-state index in [2.05, 4.69) is 58.5 Å². The minimum atomic E-state index is 1.02. The summed E-state index contributed by atoms with van der Waals surface area (Å²) in [6.07, 6.45) is 3.85. The van der Waals surface area contributed by atoms with Gasteiger partial charge in [-0.25, -0.2) is 0 Å². The van der Waals surface area contributed by atoms with Gasteiger partial charge in [0.25, 0.3) is 0 Å². The Kier molecular flexibility index (Phi) is 2.79. The Balaban J connectivity index is 1.77. The van der Waals surface area contributed by atoms with Crippen LogP contribution < -0.4 is 0 Å². The van der Waals surface area contributed by atoms with Crippen molar-refractivity contribution in [2.24, 2.45) is 0 Å². The summed E-state index contributed by atoms with van der Waals surface area (Å²) in [4.78, 5) is 7.74. The molecule has 0 radical (unpaired) electrons. The smallest absolute Gasteiger partial charge is 0.0957 e. The van der Waals surface area contributed by atoms with Crippen LogP contribution in [0.15, 0.2) is 79.1 Å². The van der Waals surface area contributed by atoms with Crippen LogP contribution in [0.1, 0.15) is 0 Å². The predicted molar refractivity (Wildman–Crippen MR) is 87.0 cm³/mol. The van der Waals surface area contributed by atoms with Crippen molar-refractivity contribution in [1.29, 1.82) is 0 Å². The van der Waals surface area contributed by atoms with Gasteiger partial charge in [-0.1, -0.05) is 54.6 Å². The molecule has 0 unspecified atom stereocenters. The van der Waals surface area contributed by atoms with E-state index in [0.717, 1.165) is 16.6 Å². The number of nitrogens with one attached hydrogen (secondary N) is 1. The Hall–Kier alpha value is -2.87. The van der Waals surface area contributed by atoms with Gasteiger partial charge in [0, 0.05) is 18.0 Å². The molecule has 0 atom stereocenters. The lowest BCUT2D eigenvalue weighted by atomic mass is 10.0. The molecule has 2 aromatic carbocycles. The summed E-state index contributed by atoms with van der Waals surface area (Å²) >= 11 is 0. The number of pyridine rings is 1. The van der Waals surface area contributed by atoms with E-state index in [-0.39, 0.29) is 0 Å².